The van der Waals surface area contributed by atoms with E-state index in [4.69, 9.17) is 4.55 Å². The lowest BCUT2D eigenvalue weighted by Crippen LogP contribution is -2.35. The molecule has 7 nitrogen and oxygen atoms in total. The normalized spacial score (nSPS) is 13.5. The molecular formula is C14H18F3N2O5S2+. The summed E-state index contributed by atoms with van der Waals surface area (Å²) < 4.78 is 95.6. The summed E-state index contributed by atoms with van der Waals surface area (Å²) in [5.74, 6) is 0.109. The molecule has 146 valence electrons. The molecule has 1 N–H and O–H groups in total. The van der Waals surface area contributed by atoms with Crippen molar-refractivity contribution < 1.29 is 39.1 Å². The number of imidazole rings is 1. The number of hydrogen-bond acceptors (Lipinski definition) is 4. The van der Waals surface area contributed by atoms with Gasteiger partial charge in [0.15, 0.2) is 11.0 Å². The lowest BCUT2D eigenvalue weighted by molar-refractivity contribution is -0.675. The van der Waals surface area contributed by atoms with Gasteiger partial charge >= 0.3 is 5.51 Å². The van der Waals surface area contributed by atoms with Crippen LogP contribution >= 0.6 is 0 Å². The number of hydrogen-bond donors (Lipinski definition) is 1. The highest BCUT2D eigenvalue weighted by atomic mass is 32.2. The molecule has 0 saturated heterocycles. The number of nitrogens with zero attached hydrogens (tertiary/aromatic N) is 2. The van der Waals surface area contributed by atoms with Gasteiger partial charge in [0, 0.05) is 19.4 Å². The van der Waals surface area contributed by atoms with Crippen LogP contribution in [0.3, 0.4) is 0 Å². The second-order valence-corrected chi connectivity index (χ2v) is 9.20. The van der Waals surface area contributed by atoms with E-state index in [1.807, 2.05) is 6.92 Å². The third-order valence-corrected chi connectivity index (χ3v) is 6.31. The van der Waals surface area contributed by atoms with Crippen LogP contribution < -0.4 is 4.57 Å². The van der Waals surface area contributed by atoms with Crippen LogP contribution in [-0.4, -0.2) is 37.2 Å². The smallest absolute Gasteiger partial charge is 0.286 e. The van der Waals surface area contributed by atoms with Gasteiger partial charge in [-0.25, -0.2) is 17.6 Å². The summed E-state index contributed by atoms with van der Waals surface area (Å²) in [4.78, 5) is -0.880. The second kappa shape index (κ2) is 6.82. The van der Waals surface area contributed by atoms with Crippen molar-refractivity contribution >= 4 is 31.0 Å². The molecule has 0 spiro atoms. The number of fused-ring (bicyclic) bond motifs is 1. The Hall–Kier alpha value is -1.66. The van der Waals surface area contributed by atoms with Crippen LogP contribution in [0.2, 0.25) is 0 Å². The van der Waals surface area contributed by atoms with Gasteiger partial charge in [0.1, 0.15) is 0 Å². The molecule has 2 rings (SSSR count). The summed E-state index contributed by atoms with van der Waals surface area (Å²) in [5.41, 5.74) is -4.65. The number of benzene rings is 1. The number of aromatic nitrogens is 2. The van der Waals surface area contributed by atoms with Gasteiger partial charge in [0.05, 0.1) is 23.7 Å². The maximum absolute atomic E-state index is 12.8. The van der Waals surface area contributed by atoms with E-state index in [0.717, 1.165) is 12.1 Å². The summed E-state index contributed by atoms with van der Waals surface area (Å²) >= 11 is 0. The van der Waals surface area contributed by atoms with E-state index >= 15 is 0 Å². The first-order valence-electron chi connectivity index (χ1n) is 7.59. The molecule has 0 amide bonds. The first-order chi connectivity index (χ1) is 11.8. The fourth-order valence-corrected chi connectivity index (χ4v) is 4.10. The molecule has 1 heterocycles. The Bertz CT molecular complexity index is 1040. The van der Waals surface area contributed by atoms with Crippen molar-refractivity contribution in [1.82, 2.24) is 4.57 Å². The SMILES string of the molecule is CC[n+]1c(C)n(CCCS(=O)(=O)O)c2cc(S(=O)(=O)C(F)(F)F)ccc21. The molecule has 0 aliphatic carbocycles. The van der Waals surface area contributed by atoms with Crippen LogP contribution in [0.25, 0.3) is 11.0 Å². The number of rotatable bonds is 6. The van der Waals surface area contributed by atoms with Crippen molar-refractivity contribution in [2.24, 2.45) is 0 Å². The van der Waals surface area contributed by atoms with Gasteiger partial charge in [-0.1, -0.05) is 0 Å². The lowest BCUT2D eigenvalue weighted by atomic mass is 10.3. The molecule has 0 saturated carbocycles. The molecule has 0 atom stereocenters. The lowest BCUT2D eigenvalue weighted by Gasteiger charge is -2.07. The molecule has 26 heavy (non-hydrogen) atoms. The zero-order valence-corrected chi connectivity index (χ0v) is 15.6. The standard InChI is InChI=1S/C14H17F3N2O5S2/c1-3-18-10(2)19(7-4-8-25(20,21)22)13-9-11(5-6-12(13)18)26(23,24)14(15,16)17/h5-6,9H,3-4,7-8H2,1-2H3/p+1. The maximum atomic E-state index is 12.8. The highest BCUT2D eigenvalue weighted by Gasteiger charge is 2.47. The van der Waals surface area contributed by atoms with Crippen LogP contribution in [0.4, 0.5) is 13.2 Å². The van der Waals surface area contributed by atoms with Crippen molar-refractivity contribution in [3.05, 3.63) is 24.0 Å². The van der Waals surface area contributed by atoms with E-state index in [2.05, 4.69) is 0 Å². The largest absolute Gasteiger partial charge is 0.501 e. The minimum absolute atomic E-state index is 0.0173. The van der Waals surface area contributed by atoms with Crippen molar-refractivity contribution in [1.29, 1.82) is 0 Å². The van der Waals surface area contributed by atoms with Gasteiger partial charge < -0.3 is 0 Å². The Balaban J connectivity index is 2.60. The van der Waals surface area contributed by atoms with Gasteiger partial charge in [-0.05, 0) is 19.1 Å². The van der Waals surface area contributed by atoms with Gasteiger partial charge in [-0.2, -0.15) is 21.6 Å². The molecule has 0 aliphatic rings. The Kier molecular flexibility index (Phi) is 5.41. The highest BCUT2D eigenvalue weighted by molar-refractivity contribution is 7.92. The zero-order valence-electron chi connectivity index (χ0n) is 14.0. The van der Waals surface area contributed by atoms with Crippen LogP contribution in [0.5, 0.6) is 0 Å². The monoisotopic (exact) mass is 415 g/mol. The van der Waals surface area contributed by atoms with Crippen LogP contribution in [0.15, 0.2) is 23.1 Å². The summed E-state index contributed by atoms with van der Waals surface area (Å²) in [5, 5.41) is 0. The van der Waals surface area contributed by atoms with E-state index < -0.39 is 36.1 Å². The molecule has 0 unspecified atom stereocenters. The number of alkyl halides is 3. The molecule has 1 aromatic carbocycles. The minimum atomic E-state index is -5.50. The summed E-state index contributed by atoms with van der Waals surface area (Å²) in [6.07, 6.45) is 0.0173. The molecule has 0 radical (unpaired) electrons. The first-order valence-corrected chi connectivity index (χ1v) is 10.7. The van der Waals surface area contributed by atoms with Gasteiger partial charge in [-0.3, -0.25) is 4.55 Å². The molecule has 0 bridgehead atoms. The molecular weight excluding hydrogens is 397 g/mol. The summed E-state index contributed by atoms with van der Waals surface area (Å²) in [6.45, 7) is 4.08. The van der Waals surface area contributed by atoms with Crippen LogP contribution in [-0.2, 0) is 33.0 Å². The van der Waals surface area contributed by atoms with Crippen molar-refractivity contribution in [3.63, 3.8) is 0 Å². The van der Waals surface area contributed by atoms with E-state index in [-0.39, 0.29) is 18.5 Å². The molecule has 12 heteroatoms. The number of sulfone groups is 1. The summed E-state index contributed by atoms with van der Waals surface area (Å²) in [7, 11) is -9.67. The highest BCUT2D eigenvalue weighted by Crippen LogP contribution is 2.31. The average molecular weight is 415 g/mol. The van der Waals surface area contributed by atoms with E-state index in [9.17, 15) is 30.0 Å². The minimum Gasteiger partial charge on any atom is -0.286 e. The fourth-order valence-electron chi connectivity index (χ4n) is 2.83. The van der Waals surface area contributed by atoms with E-state index in [1.165, 1.54) is 6.07 Å². The third-order valence-electron chi connectivity index (χ3n) is 4.02. The first kappa shape index (κ1) is 20.6. The quantitative estimate of drug-likeness (QED) is 0.574. The Morgan fingerprint density at radius 3 is 2.31 bits per heavy atom. The topological polar surface area (TPSA) is 97.3 Å². The predicted molar refractivity (Wildman–Crippen MR) is 86.8 cm³/mol. The molecule has 0 fully saturated rings. The van der Waals surface area contributed by atoms with Gasteiger partial charge in [0.25, 0.3) is 25.8 Å². The summed E-state index contributed by atoms with van der Waals surface area (Å²) in [6, 6.07) is 3.13. The van der Waals surface area contributed by atoms with Crippen molar-refractivity contribution in [2.75, 3.05) is 5.75 Å². The predicted octanol–water partition coefficient (Wildman–Crippen LogP) is 1.83. The molecule has 1 aromatic heterocycles. The Labute approximate surface area is 148 Å². The average Bonchev–Trinajstić information content (AvgIpc) is 2.76. The van der Waals surface area contributed by atoms with E-state index in [1.54, 1.807) is 16.1 Å². The van der Waals surface area contributed by atoms with Crippen LogP contribution in [0, 0.1) is 6.92 Å². The zero-order chi connectivity index (χ0) is 19.9. The second-order valence-electron chi connectivity index (χ2n) is 5.68. The molecule has 0 aliphatic heterocycles. The van der Waals surface area contributed by atoms with Crippen molar-refractivity contribution in [3.8, 4) is 0 Å². The Morgan fingerprint density at radius 2 is 1.81 bits per heavy atom. The number of halogens is 3. The van der Waals surface area contributed by atoms with Gasteiger partial charge in [0.2, 0.25) is 0 Å². The van der Waals surface area contributed by atoms with Gasteiger partial charge in [-0.15, -0.1) is 0 Å². The Morgan fingerprint density at radius 1 is 1.19 bits per heavy atom. The third kappa shape index (κ3) is 3.86. The fraction of sp³-hybridized carbons (Fsp3) is 0.500. The van der Waals surface area contributed by atoms with Crippen molar-refractivity contribution in [2.45, 2.75) is 43.8 Å². The molecule has 2 aromatic rings. The number of aryl methyl sites for hydroxylation is 2. The van der Waals surface area contributed by atoms with E-state index in [0.29, 0.717) is 17.9 Å². The maximum Gasteiger partial charge on any atom is 0.501 e. The van der Waals surface area contributed by atoms with Crippen LogP contribution in [0.1, 0.15) is 19.2 Å².